The molecule has 0 unspecified atom stereocenters. The standard InChI is InChI=1S/C11H23NO5S/c1-8(2)6-9(10(13)14)12-18(15,16)7-11(3,4)17-5/h8-9,12H,6-7H2,1-5H3,(H,13,14)/t9-/m1/s1. The van der Waals surface area contributed by atoms with Gasteiger partial charge in [-0.15, -0.1) is 0 Å². The SMILES string of the molecule is COC(C)(C)CS(=O)(=O)N[C@H](CC(C)C)C(=O)O. The molecule has 0 amide bonds. The highest BCUT2D eigenvalue weighted by Gasteiger charge is 2.30. The van der Waals surface area contributed by atoms with Crippen LogP contribution in [0, 0.1) is 5.92 Å². The van der Waals surface area contributed by atoms with Crippen LogP contribution in [-0.2, 0) is 19.6 Å². The van der Waals surface area contributed by atoms with Crippen LogP contribution in [0.1, 0.15) is 34.1 Å². The highest BCUT2D eigenvalue weighted by molar-refractivity contribution is 7.89. The van der Waals surface area contributed by atoms with E-state index in [1.807, 2.05) is 13.8 Å². The zero-order chi connectivity index (χ0) is 14.6. The van der Waals surface area contributed by atoms with Crippen molar-refractivity contribution in [2.24, 2.45) is 5.92 Å². The Morgan fingerprint density at radius 1 is 1.39 bits per heavy atom. The fraction of sp³-hybridized carbons (Fsp3) is 0.909. The summed E-state index contributed by atoms with van der Waals surface area (Å²) in [5, 5.41) is 8.98. The van der Waals surface area contributed by atoms with Crippen LogP contribution >= 0.6 is 0 Å². The highest BCUT2D eigenvalue weighted by atomic mass is 32.2. The summed E-state index contributed by atoms with van der Waals surface area (Å²) in [4.78, 5) is 11.0. The van der Waals surface area contributed by atoms with Gasteiger partial charge in [0.1, 0.15) is 6.04 Å². The molecule has 0 bridgehead atoms. The summed E-state index contributed by atoms with van der Waals surface area (Å²) in [5.74, 6) is -1.36. The summed E-state index contributed by atoms with van der Waals surface area (Å²) < 4.78 is 30.9. The molecule has 108 valence electrons. The van der Waals surface area contributed by atoms with E-state index in [1.165, 1.54) is 7.11 Å². The van der Waals surface area contributed by atoms with E-state index in [4.69, 9.17) is 9.84 Å². The first-order valence-electron chi connectivity index (χ1n) is 5.77. The Kier molecular flexibility index (Phi) is 6.25. The quantitative estimate of drug-likeness (QED) is 0.687. The van der Waals surface area contributed by atoms with Gasteiger partial charge >= 0.3 is 5.97 Å². The Bertz CT molecular complexity index is 375. The average molecular weight is 281 g/mol. The van der Waals surface area contributed by atoms with E-state index in [-0.39, 0.29) is 18.1 Å². The lowest BCUT2D eigenvalue weighted by Gasteiger charge is -2.24. The molecular formula is C11H23NO5S. The van der Waals surface area contributed by atoms with E-state index in [2.05, 4.69) is 4.72 Å². The van der Waals surface area contributed by atoms with Crippen LogP contribution in [0.4, 0.5) is 0 Å². The third-order valence-corrected chi connectivity index (χ3v) is 4.14. The Hall–Kier alpha value is -0.660. The lowest BCUT2D eigenvalue weighted by atomic mass is 10.1. The van der Waals surface area contributed by atoms with Gasteiger partial charge in [-0.25, -0.2) is 13.1 Å². The fourth-order valence-electron chi connectivity index (χ4n) is 1.45. The average Bonchev–Trinajstić information content (AvgIpc) is 2.13. The van der Waals surface area contributed by atoms with Crippen molar-refractivity contribution >= 4 is 16.0 Å². The minimum absolute atomic E-state index is 0.0873. The third kappa shape index (κ3) is 6.93. The summed E-state index contributed by atoms with van der Waals surface area (Å²) in [6.07, 6.45) is 0.252. The number of hydrogen-bond donors (Lipinski definition) is 2. The lowest BCUT2D eigenvalue weighted by molar-refractivity contribution is -0.139. The number of ether oxygens (including phenoxy) is 1. The Morgan fingerprint density at radius 2 is 1.89 bits per heavy atom. The number of sulfonamides is 1. The molecule has 0 aromatic rings. The predicted octanol–water partition coefficient (Wildman–Crippen LogP) is 0.830. The van der Waals surface area contributed by atoms with Gasteiger partial charge in [0.15, 0.2) is 0 Å². The molecule has 0 radical (unpaired) electrons. The van der Waals surface area contributed by atoms with Crippen LogP contribution in [0.15, 0.2) is 0 Å². The third-order valence-electron chi connectivity index (χ3n) is 2.42. The molecule has 0 spiro atoms. The number of hydrogen-bond acceptors (Lipinski definition) is 4. The van der Waals surface area contributed by atoms with Gasteiger partial charge in [0, 0.05) is 7.11 Å². The number of carboxylic acids is 1. The number of nitrogens with one attached hydrogen (secondary N) is 1. The maximum Gasteiger partial charge on any atom is 0.321 e. The van der Waals surface area contributed by atoms with Gasteiger partial charge < -0.3 is 9.84 Å². The zero-order valence-corrected chi connectivity index (χ0v) is 12.4. The number of aliphatic carboxylic acids is 1. The molecule has 0 aromatic heterocycles. The van der Waals surface area contributed by atoms with Crippen molar-refractivity contribution in [1.82, 2.24) is 4.72 Å². The van der Waals surface area contributed by atoms with Gasteiger partial charge in [-0.05, 0) is 26.2 Å². The molecule has 0 saturated heterocycles. The molecule has 0 aromatic carbocycles. The largest absolute Gasteiger partial charge is 0.480 e. The summed E-state index contributed by atoms with van der Waals surface area (Å²) in [7, 11) is -2.28. The van der Waals surface area contributed by atoms with E-state index < -0.39 is 27.6 Å². The second-order valence-electron chi connectivity index (χ2n) is 5.36. The predicted molar refractivity (Wildman–Crippen MR) is 68.9 cm³/mol. The van der Waals surface area contributed by atoms with Crippen LogP contribution in [-0.4, -0.2) is 44.0 Å². The molecule has 0 saturated carbocycles. The Balaban J connectivity index is 4.77. The van der Waals surface area contributed by atoms with Crippen LogP contribution in [0.5, 0.6) is 0 Å². The molecular weight excluding hydrogens is 258 g/mol. The minimum atomic E-state index is -3.70. The molecule has 0 aliphatic carbocycles. The number of carboxylic acid groups (broad SMARTS) is 1. The molecule has 2 N–H and O–H groups in total. The maximum atomic E-state index is 11.8. The number of methoxy groups -OCH3 is 1. The number of carbonyl (C=O) groups is 1. The monoisotopic (exact) mass is 281 g/mol. The van der Waals surface area contributed by atoms with Crippen molar-refractivity contribution in [2.75, 3.05) is 12.9 Å². The Labute approximate surface area is 109 Å². The minimum Gasteiger partial charge on any atom is -0.480 e. The number of rotatable bonds is 8. The van der Waals surface area contributed by atoms with E-state index in [9.17, 15) is 13.2 Å². The van der Waals surface area contributed by atoms with Gasteiger partial charge in [-0.3, -0.25) is 4.79 Å². The summed E-state index contributed by atoms with van der Waals surface area (Å²) in [6, 6.07) is -1.09. The van der Waals surface area contributed by atoms with Crippen molar-refractivity contribution in [2.45, 2.75) is 45.8 Å². The normalized spacial score (nSPS) is 14.8. The molecule has 0 aliphatic rings. The van der Waals surface area contributed by atoms with E-state index >= 15 is 0 Å². The van der Waals surface area contributed by atoms with E-state index in [0.29, 0.717) is 0 Å². The summed E-state index contributed by atoms with van der Waals surface area (Å²) in [6.45, 7) is 6.93. The van der Waals surface area contributed by atoms with Crippen LogP contribution in [0.2, 0.25) is 0 Å². The Morgan fingerprint density at radius 3 is 2.22 bits per heavy atom. The molecule has 0 aliphatic heterocycles. The summed E-state index contributed by atoms with van der Waals surface area (Å²) in [5.41, 5.74) is -0.854. The van der Waals surface area contributed by atoms with Gasteiger partial charge in [-0.2, -0.15) is 0 Å². The lowest BCUT2D eigenvalue weighted by Crippen LogP contribution is -2.46. The van der Waals surface area contributed by atoms with Gasteiger partial charge in [0.25, 0.3) is 0 Å². The first-order valence-corrected chi connectivity index (χ1v) is 7.42. The molecule has 0 fully saturated rings. The molecule has 1 atom stereocenters. The zero-order valence-electron chi connectivity index (χ0n) is 11.6. The smallest absolute Gasteiger partial charge is 0.321 e. The van der Waals surface area contributed by atoms with Crippen molar-refractivity contribution in [3.05, 3.63) is 0 Å². The first-order chi connectivity index (χ1) is 7.99. The van der Waals surface area contributed by atoms with E-state index in [0.717, 1.165) is 0 Å². The molecule has 7 heteroatoms. The van der Waals surface area contributed by atoms with Crippen molar-refractivity contribution in [1.29, 1.82) is 0 Å². The van der Waals surface area contributed by atoms with Gasteiger partial charge in [0.05, 0.1) is 11.4 Å². The second-order valence-corrected chi connectivity index (χ2v) is 7.11. The molecule has 0 rings (SSSR count). The van der Waals surface area contributed by atoms with Crippen LogP contribution in [0.3, 0.4) is 0 Å². The van der Waals surface area contributed by atoms with Crippen molar-refractivity contribution in [3.63, 3.8) is 0 Å². The molecule has 0 heterocycles. The topological polar surface area (TPSA) is 92.7 Å². The maximum absolute atomic E-state index is 11.8. The second kappa shape index (κ2) is 6.49. The fourth-order valence-corrected chi connectivity index (χ4v) is 3.19. The van der Waals surface area contributed by atoms with E-state index in [1.54, 1.807) is 13.8 Å². The van der Waals surface area contributed by atoms with Gasteiger partial charge in [0.2, 0.25) is 10.0 Å². The van der Waals surface area contributed by atoms with Crippen molar-refractivity contribution in [3.8, 4) is 0 Å². The van der Waals surface area contributed by atoms with Gasteiger partial charge in [-0.1, -0.05) is 13.8 Å². The molecule has 6 nitrogen and oxygen atoms in total. The first kappa shape index (κ1) is 17.3. The van der Waals surface area contributed by atoms with Crippen LogP contribution < -0.4 is 4.72 Å². The van der Waals surface area contributed by atoms with Crippen LogP contribution in [0.25, 0.3) is 0 Å². The summed E-state index contributed by atoms with van der Waals surface area (Å²) >= 11 is 0. The van der Waals surface area contributed by atoms with Crippen molar-refractivity contribution < 1.29 is 23.1 Å². The molecule has 18 heavy (non-hydrogen) atoms. The highest BCUT2D eigenvalue weighted by Crippen LogP contribution is 2.12.